The maximum atomic E-state index is 16.9. The SMILES string of the molecule is CC(C)CC(=O)OCC(=O)C1=CC[C@H]2[C@@H]3CCC4=CC(=O)C=C[C@]4(C)[C@@]3(F)[C@@H](O)C[C@]12C. The minimum atomic E-state index is -1.91. The Labute approximate surface area is 188 Å². The lowest BCUT2D eigenvalue weighted by molar-refractivity contribution is -0.185. The summed E-state index contributed by atoms with van der Waals surface area (Å²) in [6.07, 6.45) is 7.17. The Bertz CT molecular complexity index is 946. The summed E-state index contributed by atoms with van der Waals surface area (Å²) in [6.45, 7) is 7.20. The van der Waals surface area contributed by atoms with Crippen molar-refractivity contribution in [2.24, 2.45) is 28.6 Å². The van der Waals surface area contributed by atoms with Gasteiger partial charge in [-0.25, -0.2) is 4.39 Å². The van der Waals surface area contributed by atoms with Crippen molar-refractivity contribution in [2.45, 2.75) is 71.6 Å². The monoisotopic (exact) mass is 444 g/mol. The molecule has 0 aromatic carbocycles. The van der Waals surface area contributed by atoms with Gasteiger partial charge in [0.1, 0.15) is 0 Å². The maximum Gasteiger partial charge on any atom is 0.306 e. The average Bonchev–Trinajstić information content (AvgIpc) is 3.04. The molecule has 6 atom stereocenters. The van der Waals surface area contributed by atoms with E-state index < -0.39 is 34.5 Å². The first-order valence-corrected chi connectivity index (χ1v) is 11.6. The van der Waals surface area contributed by atoms with Crippen molar-refractivity contribution in [2.75, 3.05) is 6.61 Å². The van der Waals surface area contributed by atoms with E-state index in [0.717, 1.165) is 5.57 Å². The second kappa shape index (κ2) is 7.75. The average molecular weight is 445 g/mol. The van der Waals surface area contributed by atoms with Gasteiger partial charge in [0.2, 0.25) is 0 Å². The highest BCUT2D eigenvalue weighted by molar-refractivity contribution is 6.01. The second-order valence-corrected chi connectivity index (χ2v) is 10.8. The van der Waals surface area contributed by atoms with Crippen molar-refractivity contribution in [3.05, 3.63) is 35.5 Å². The molecule has 0 heterocycles. The van der Waals surface area contributed by atoms with Gasteiger partial charge in [-0.05, 0) is 56.6 Å². The molecule has 174 valence electrons. The fourth-order valence-electron chi connectivity index (χ4n) is 6.83. The molecular formula is C26H33FO5. The van der Waals surface area contributed by atoms with Gasteiger partial charge >= 0.3 is 5.97 Å². The molecule has 0 unspecified atom stereocenters. The van der Waals surface area contributed by atoms with Gasteiger partial charge in [-0.15, -0.1) is 0 Å². The molecule has 0 aliphatic heterocycles. The van der Waals surface area contributed by atoms with Gasteiger partial charge in [-0.1, -0.05) is 38.5 Å². The molecule has 0 spiro atoms. The van der Waals surface area contributed by atoms with Crippen LogP contribution in [0.5, 0.6) is 0 Å². The molecule has 1 N–H and O–H groups in total. The van der Waals surface area contributed by atoms with E-state index in [1.807, 2.05) is 26.8 Å². The van der Waals surface area contributed by atoms with E-state index >= 15 is 4.39 Å². The van der Waals surface area contributed by atoms with Crippen LogP contribution in [-0.2, 0) is 19.1 Å². The minimum Gasteiger partial charge on any atom is -0.457 e. The van der Waals surface area contributed by atoms with Crippen LogP contribution in [-0.4, -0.2) is 41.0 Å². The fraction of sp³-hybridized carbons (Fsp3) is 0.654. The lowest BCUT2D eigenvalue weighted by Crippen LogP contribution is -2.66. The summed E-state index contributed by atoms with van der Waals surface area (Å²) in [5, 5.41) is 11.2. The van der Waals surface area contributed by atoms with Crippen LogP contribution >= 0.6 is 0 Å². The summed E-state index contributed by atoms with van der Waals surface area (Å²) in [6, 6.07) is 0. The maximum absolute atomic E-state index is 16.9. The van der Waals surface area contributed by atoms with Crippen molar-refractivity contribution in [3.8, 4) is 0 Å². The van der Waals surface area contributed by atoms with E-state index in [1.54, 1.807) is 13.0 Å². The third kappa shape index (κ3) is 3.25. The number of carbonyl (C=O) groups is 3. The van der Waals surface area contributed by atoms with Crippen LogP contribution in [0.25, 0.3) is 0 Å². The summed E-state index contributed by atoms with van der Waals surface area (Å²) in [4.78, 5) is 36.8. The first kappa shape index (κ1) is 23.1. The topological polar surface area (TPSA) is 80.7 Å². The molecule has 32 heavy (non-hydrogen) atoms. The van der Waals surface area contributed by atoms with Crippen LogP contribution in [0, 0.1) is 28.6 Å². The van der Waals surface area contributed by atoms with Crippen LogP contribution in [0.2, 0.25) is 0 Å². The van der Waals surface area contributed by atoms with Crippen LogP contribution in [0.4, 0.5) is 4.39 Å². The summed E-state index contributed by atoms with van der Waals surface area (Å²) in [5.41, 5.74) is -2.34. The highest BCUT2D eigenvalue weighted by Gasteiger charge is 2.69. The smallest absolute Gasteiger partial charge is 0.306 e. The number of esters is 1. The molecule has 4 aliphatic rings. The Hall–Kier alpha value is -2.08. The highest BCUT2D eigenvalue weighted by atomic mass is 19.1. The van der Waals surface area contributed by atoms with Crippen molar-refractivity contribution in [3.63, 3.8) is 0 Å². The van der Waals surface area contributed by atoms with E-state index in [0.29, 0.717) is 24.8 Å². The quantitative estimate of drug-likeness (QED) is 0.647. The number of halogens is 1. The van der Waals surface area contributed by atoms with Gasteiger partial charge in [0.15, 0.2) is 23.8 Å². The summed E-state index contributed by atoms with van der Waals surface area (Å²) in [5.74, 6) is -1.24. The van der Waals surface area contributed by atoms with Crippen molar-refractivity contribution >= 4 is 17.5 Å². The van der Waals surface area contributed by atoms with Gasteiger partial charge < -0.3 is 9.84 Å². The Kier molecular flexibility index (Phi) is 5.60. The zero-order valence-electron chi connectivity index (χ0n) is 19.3. The number of carbonyl (C=O) groups excluding carboxylic acids is 3. The van der Waals surface area contributed by atoms with E-state index in [1.165, 1.54) is 12.2 Å². The Morgan fingerprint density at radius 3 is 2.69 bits per heavy atom. The number of Topliss-reactive ketones (excluding diaryl/α,β-unsaturated/α-hetero) is 1. The lowest BCUT2D eigenvalue weighted by atomic mass is 9.45. The van der Waals surface area contributed by atoms with Crippen molar-refractivity contribution < 1.29 is 28.6 Å². The lowest BCUT2D eigenvalue weighted by Gasteiger charge is -2.61. The van der Waals surface area contributed by atoms with E-state index in [9.17, 15) is 19.5 Å². The van der Waals surface area contributed by atoms with Gasteiger partial charge in [-0.2, -0.15) is 0 Å². The molecule has 0 aromatic rings. The highest BCUT2D eigenvalue weighted by Crippen LogP contribution is 2.67. The van der Waals surface area contributed by atoms with Gasteiger partial charge in [0, 0.05) is 28.7 Å². The Morgan fingerprint density at radius 1 is 1.28 bits per heavy atom. The molecule has 5 nitrogen and oxygen atoms in total. The fourth-order valence-corrected chi connectivity index (χ4v) is 6.83. The van der Waals surface area contributed by atoms with Gasteiger partial charge in [-0.3, -0.25) is 14.4 Å². The third-order valence-electron chi connectivity index (χ3n) is 8.46. The molecule has 0 saturated heterocycles. The molecule has 2 saturated carbocycles. The van der Waals surface area contributed by atoms with Crippen molar-refractivity contribution in [1.29, 1.82) is 0 Å². The summed E-state index contributed by atoms with van der Waals surface area (Å²) in [7, 11) is 0. The summed E-state index contributed by atoms with van der Waals surface area (Å²) >= 11 is 0. The second-order valence-electron chi connectivity index (χ2n) is 10.8. The first-order chi connectivity index (χ1) is 14.9. The molecule has 4 aliphatic carbocycles. The van der Waals surface area contributed by atoms with Crippen molar-refractivity contribution in [1.82, 2.24) is 0 Å². The van der Waals surface area contributed by atoms with Crippen LogP contribution in [0.1, 0.15) is 59.8 Å². The number of hydrogen-bond acceptors (Lipinski definition) is 5. The molecule has 0 amide bonds. The number of rotatable bonds is 5. The number of hydrogen-bond donors (Lipinski definition) is 1. The normalized spacial score (nSPS) is 40.2. The molecule has 6 heteroatoms. The van der Waals surface area contributed by atoms with E-state index in [2.05, 4.69) is 0 Å². The first-order valence-electron chi connectivity index (χ1n) is 11.6. The molecule has 0 aromatic heterocycles. The summed E-state index contributed by atoms with van der Waals surface area (Å²) < 4.78 is 22.1. The number of aliphatic hydroxyl groups excluding tert-OH is 1. The number of alkyl halides is 1. The third-order valence-corrected chi connectivity index (χ3v) is 8.46. The van der Waals surface area contributed by atoms with Crippen LogP contribution in [0.15, 0.2) is 35.5 Å². The molecule has 0 bridgehead atoms. The molecule has 4 rings (SSSR count). The molecule has 0 radical (unpaired) electrons. The van der Waals surface area contributed by atoms with E-state index in [-0.39, 0.29) is 42.9 Å². The predicted octanol–water partition coefficient (Wildman–Crippen LogP) is 4.05. The number of ether oxygens (including phenoxy) is 1. The standard InChI is InChI=1S/C26H33FO5/c1-15(2)11-23(31)32-14-21(29)20-8-7-18-19-6-5-16-12-17(28)9-10-25(16,4)26(19,27)22(30)13-24(18,20)3/h8-10,12,15,18-19,22,30H,5-7,11,13-14H2,1-4H3/t18-,19-,22-,24-,25-,26-/m0/s1. The zero-order chi connectivity index (χ0) is 23.5. The molecule has 2 fully saturated rings. The largest absolute Gasteiger partial charge is 0.457 e. The van der Waals surface area contributed by atoms with Crippen LogP contribution in [0.3, 0.4) is 0 Å². The number of fused-ring (bicyclic) bond motifs is 5. The predicted molar refractivity (Wildman–Crippen MR) is 117 cm³/mol. The molecular weight excluding hydrogens is 411 g/mol. The zero-order valence-corrected chi connectivity index (χ0v) is 19.3. The van der Waals surface area contributed by atoms with Crippen LogP contribution < -0.4 is 0 Å². The Balaban J connectivity index is 1.58. The number of aliphatic hydroxyl groups is 1. The number of ketones is 2. The van der Waals surface area contributed by atoms with Gasteiger partial charge in [0.25, 0.3) is 0 Å². The number of allylic oxidation sites excluding steroid dienone is 5. The van der Waals surface area contributed by atoms with E-state index in [4.69, 9.17) is 4.74 Å². The Morgan fingerprint density at radius 2 is 2.00 bits per heavy atom. The van der Waals surface area contributed by atoms with Gasteiger partial charge in [0.05, 0.1) is 6.10 Å². The minimum absolute atomic E-state index is 0.118.